The van der Waals surface area contributed by atoms with Crippen LogP contribution in [0.1, 0.15) is 29.8 Å². The third-order valence-electron chi connectivity index (χ3n) is 5.07. The Morgan fingerprint density at radius 2 is 2.09 bits per heavy atom. The van der Waals surface area contributed by atoms with Gasteiger partial charge in [0, 0.05) is 11.5 Å². The van der Waals surface area contributed by atoms with Crippen LogP contribution in [-0.2, 0) is 4.79 Å². The first-order valence-electron chi connectivity index (χ1n) is 7.44. The van der Waals surface area contributed by atoms with E-state index in [1.807, 2.05) is 0 Å². The number of aromatic amines is 1. The molecule has 1 amide bonds. The van der Waals surface area contributed by atoms with Crippen LogP contribution in [-0.4, -0.2) is 27.5 Å². The van der Waals surface area contributed by atoms with Crippen molar-refractivity contribution in [3.05, 3.63) is 35.5 Å². The van der Waals surface area contributed by atoms with Gasteiger partial charge in [0.2, 0.25) is 0 Å². The number of carbonyl (C=O) groups is 2. The van der Waals surface area contributed by atoms with Gasteiger partial charge in [0.1, 0.15) is 22.9 Å². The van der Waals surface area contributed by atoms with Gasteiger partial charge in [-0.05, 0) is 43.2 Å². The lowest BCUT2D eigenvalue weighted by atomic mass is 9.93. The first-order chi connectivity index (χ1) is 10.9. The molecule has 4 rings (SSSR count). The molecule has 7 heteroatoms. The van der Waals surface area contributed by atoms with Crippen molar-refractivity contribution in [2.75, 3.05) is 0 Å². The van der Waals surface area contributed by atoms with Crippen molar-refractivity contribution in [1.29, 1.82) is 0 Å². The van der Waals surface area contributed by atoms with Gasteiger partial charge in [-0.25, -0.2) is 13.6 Å². The van der Waals surface area contributed by atoms with Crippen LogP contribution in [0.3, 0.4) is 0 Å². The van der Waals surface area contributed by atoms with E-state index in [2.05, 4.69) is 10.3 Å². The summed E-state index contributed by atoms with van der Waals surface area (Å²) in [5, 5.41) is 12.4. The Morgan fingerprint density at radius 1 is 1.30 bits per heavy atom. The number of aliphatic carboxylic acids is 1. The minimum Gasteiger partial charge on any atom is -0.479 e. The van der Waals surface area contributed by atoms with Gasteiger partial charge in [0.15, 0.2) is 0 Å². The number of fused-ring (bicyclic) bond motifs is 2. The van der Waals surface area contributed by atoms with Gasteiger partial charge in [-0.1, -0.05) is 0 Å². The van der Waals surface area contributed by atoms with Crippen molar-refractivity contribution >= 4 is 22.8 Å². The van der Waals surface area contributed by atoms with Crippen molar-refractivity contribution in [2.24, 2.45) is 11.8 Å². The van der Waals surface area contributed by atoms with E-state index >= 15 is 0 Å². The van der Waals surface area contributed by atoms with E-state index in [1.54, 1.807) is 0 Å². The largest absolute Gasteiger partial charge is 0.479 e. The molecule has 3 N–H and O–H groups in total. The Morgan fingerprint density at radius 3 is 2.70 bits per heavy atom. The number of rotatable bonds is 3. The van der Waals surface area contributed by atoms with E-state index < -0.39 is 29.0 Å². The molecular formula is C16H14F2N2O3. The fraction of sp³-hybridized carbons (Fsp3) is 0.375. The molecule has 2 fully saturated rings. The Bertz CT molecular complexity index is 847. The number of hydrogen-bond donors (Lipinski definition) is 3. The monoisotopic (exact) mass is 320 g/mol. The van der Waals surface area contributed by atoms with Gasteiger partial charge in [-0.2, -0.15) is 0 Å². The quantitative estimate of drug-likeness (QED) is 0.812. The first kappa shape index (κ1) is 14.2. The van der Waals surface area contributed by atoms with Crippen molar-refractivity contribution in [2.45, 2.75) is 24.8 Å². The van der Waals surface area contributed by atoms with Crippen molar-refractivity contribution in [3.63, 3.8) is 0 Å². The molecule has 0 saturated heterocycles. The average molecular weight is 320 g/mol. The van der Waals surface area contributed by atoms with E-state index in [4.69, 9.17) is 0 Å². The summed E-state index contributed by atoms with van der Waals surface area (Å²) in [6.45, 7) is 0. The van der Waals surface area contributed by atoms with E-state index in [-0.39, 0.29) is 22.5 Å². The maximum atomic E-state index is 13.7. The minimum atomic E-state index is -1.25. The molecule has 0 bridgehead atoms. The summed E-state index contributed by atoms with van der Waals surface area (Å²) in [7, 11) is 0. The molecule has 1 heterocycles. The molecule has 0 aliphatic heterocycles. The van der Waals surface area contributed by atoms with Gasteiger partial charge < -0.3 is 15.4 Å². The van der Waals surface area contributed by atoms with Crippen LogP contribution in [0.15, 0.2) is 18.2 Å². The molecule has 2 saturated carbocycles. The number of amides is 1. The highest BCUT2D eigenvalue weighted by Gasteiger charge is 2.62. The zero-order chi connectivity index (χ0) is 16.4. The second kappa shape index (κ2) is 4.53. The molecule has 3 unspecified atom stereocenters. The van der Waals surface area contributed by atoms with Crippen molar-refractivity contribution in [3.8, 4) is 0 Å². The Kier molecular flexibility index (Phi) is 2.79. The Labute approximate surface area is 129 Å². The molecule has 3 atom stereocenters. The topological polar surface area (TPSA) is 82.2 Å². The van der Waals surface area contributed by atoms with E-state index in [0.717, 1.165) is 25.0 Å². The first-order valence-corrected chi connectivity index (χ1v) is 7.44. The van der Waals surface area contributed by atoms with Crippen LogP contribution in [0.5, 0.6) is 0 Å². The summed E-state index contributed by atoms with van der Waals surface area (Å²) in [6.07, 6.45) is 1.98. The lowest BCUT2D eigenvalue weighted by Crippen LogP contribution is -2.55. The maximum absolute atomic E-state index is 13.7. The summed E-state index contributed by atoms with van der Waals surface area (Å²) in [5.41, 5.74) is -1.20. The summed E-state index contributed by atoms with van der Waals surface area (Å²) >= 11 is 0. The number of benzene rings is 1. The zero-order valence-electron chi connectivity index (χ0n) is 12.0. The number of nitrogens with one attached hydrogen (secondary N) is 2. The molecule has 0 radical (unpaired) electrons. The third-order valence-corrected chi connectivity index (χ3v) is 5.07. The Hall–Kier alpha value is -2.44. The second-order valence-electron chi connectivity index (χ2n) is 6.41. The number of carbonyl (C=O) groups excluding carboxylic acids is 1. The number of H-pyrrole nitrogens is 1. The standard InChI is InChI=1S/C16H14F2N2O3/c17-9-3-8-5-12(19-13(8)11(18)6-9)14(21)20-16(15(22)23)2-1-7-4-10(7)16/h3,5-7,10,19H,1-2,4H2,(H,20,21)(H,22,23). The Balaban J connectivity index is 1.67. The van der Waals surface area contributed by atoms with Gasteiger partial charge in [0.25, 0.3) is 5.91 Å². The molecule has 2 aliphatic rings. The smallest absolute Gasteiger partial charge is 0.329 e. The third kappa shape index (κ3) is 2.03. The van der Waals surface area contributed by atoms with Gasteiger partial charge >= 0.3 is 5.97 Å². The predicted molar refractivity (Wildman–Crippen MR) is 76.9 cm³/mol. The molecule has 2 aliphatic carbocycles. The molecule has 120 valence electrons. The van der Waals surface area contributed by atoms with Crippen LogP contribution >= 0.6 is 0 Å². The average Bonchev–Trinajstić information content (AvgIpc) is 2.98. The summed E-state index contributed by atoms with van der Waals surface area (Å²) in [4.78, 5) is 26.7. The number of aromatic nitrogens is 1. The van der Waals surface area contributed by atoms with Crippen LogP contribution in [0.4, 0.5) is 8.78 Å². The highest BCUT2D eigenvalue weighted by molar-refractivity contribution is 6.00. The van der Waals surface area contributed by atoms with Crippen molar-refractivity contribution in [1.82, 2.24) is 10.3 Å². The van der Waals surface area contributed by atoms with E-state index in [1.165, 1.54) is 6.07 Å². The fourth-order valence-electron chi connectivity index (χ4n) is 3.80. The number of carboxylic acid groups (broad SMARTS) is 1. The lowest BCUT2D eigenvalue weighted by molar-refractivity contribution is -0.145. The number of hydrogen-bond acceptors (Lipinski definition) is 2. The number of carboxylic acids is 1. The van der Waals surface area contributed by atoms with Gasteiger partial charge in [0.05, 0.1) is 5.52 Å². The minimum absolute atomic E-state index is 0.0224. The zero-order valence-corrected chi connectivity index (χ0v) is 12.0. The van der Waals surface area contributed by atoms with Crippen LogP contribution < -0.4 is 5.32 Å². The lowest BCUT2D eigenvalue weighted by Gasteiger charge is -2.27. The molecule has 23 heavy (non-hydrogen) atoms. The molecule has 0 spiro atoms. The summed E-state index contributed by atoms with van der Waals surface area (Å²) in [6, 6.07) is 3.17. The SMILES string of the molecule is O=C(NC1(C(=O)O)CCC2CC21)c1cc2cc(F)cc(F)c2[nH]1. The molecule has 1 aromatic heterocycles. The van der Waals surface area contributed by atoms with Crippen LogP contribution in [0, 0.1) is 23.5 Å². The highest BCUT2D eigenvalue weighted by Crippen LogP contribution is 2.57. The normalized spacial score (nSPS) is 28.6. The molecule has 2 aromatic rings. The van der Waals surface area contributed by atoms with Crippen molar-refractivity contribution < 1.29 is 23.5 Å². The van der Waals surface area contributed by atoms with E-state index in [0.29, 0.717) is 12.3 Å². The maximum Gasteiger partial charge on any atom is 0.329 e. The fourth-order valence-corrected chi connectivity index (χ4v) is 3.80. The summed E-state index contributed by atoms with van der Waals surface area (Å²) in [5.74, 6) is -2.86. The molecule has 1 aromatic carbocycles. The summed E-state index contributed by atoms with van der Waals surface area (Å²) < 4.78 is 26.9. The number of halogens is 2. The highest BCUT2D eigenvalue weighted by atomic mass is 19.1. The second-order valence-corrected chi connectivity index (χ2v) is 6.41. The van der Waals surface area contributed by atoms with Crippen LogP contribution in [0.2, 0.25) is 0 Å². The molecular weight excluding hydrogens is 306 g/mol. The van der Waals surface area contributed by atoms with E-state index in [9.17, 15) is 23.5 Å². The predicted octanol–water partition coefficient (Wildman–Crippen LogP) is 2.43. The molecule has 5 nitrogen and oxygen atoms in total. The van der Waals surface area contributed by atoms with Gasteiger partial charge in [-0.3, -0.25) is 4.79 Å². The van der Waals surface area contributed by atoms with Gasteiger partial charge in [-0.15, -0.1) is 0 Å². The van der Waals surface area contributed by atoms with Crippen LogP contribution in [0.25, 0.3) is 10.9 Å².